The van der Waals surface area contributed by atoms with Gasteiger partial charge in [0, 0.05) is 12.0 Å². The van der Waals surface area contributed by atoms with Crippen LogP contribution in [0.5, 0.6) is 0 Å². The van der Waals surface area contributed by atoms with Gasteiger partial charge in [-0.05, 0) is 24.8 Å². The van der Waals surface area contributed by atoms with Gasteiger partial charge in [0.05, 0.1) is 19.8 Å². The summed E-state index contributed by atoms with van der Waals surface area (Å²) in [6, 6.07) is 10.7. The van der Waals surface area contributed by atoms with Gasteiger partial charge in [-0.25, -0.2) is 0 Å². The maximum Gasteiger partial charge on any atom is 0.0644 e. The van der Waals surface area contributed by atoms with Crippen molar-refractivity contribution in [3.05, 3.63) is 48.6 Å². The molecular weight excluding hydrogens is 224 g/mol. The van der Waals surface area contributed by atoms with E-state index in [-0.39, 0.29) is 0 Å². The zero-order valence-electron chi connectivity index (χ0n) is 10.9. The van der Waals surface area contributed by atoms with Crippen LogP contribution in [0.1, 0.15) is 18.4 Å². The van der Waals surface area contributed by atoms with Crippen LogP contribution in [0.4, 0.5) is 0 Å². The summed E-state index contributed by atoms with van der Waals surface area (Å²) in [7, 11) is 0. The van der Waals surface area contributed by atoms with E-state index in [2.05, 4.69) is 36.9 Å². The molecule has 1 saturated heterocycles. The Balaban J connectivity index is 1.77. The Labute approximate surface area is 110 Å². The van der Waals surface area contributed by atoms with Crippen LogP contribution in [-0.2, 0) is 15.9 Å². The van der Waals surface area contributed by atoms with Crippen LogP contribution in [0.3, 0.4) is 0 Å². The smallest absolute Gasteiger partial charge is 0.0644 e. The highest BCUT2D eigenvalue weighted by Crippen LogP contribution is 2.36. The molecule has 0 radical (unpaired) electrons. The molecule has 1 aliphatic heterocycles. The van der Waals surface area contributed by atoms with E-state index in [0.29, 0.717) is 12.0 Å². The molecule has 98 valence electrons. The molecule has 0 unspecified atom stereocenters. The van der Waals surface area contributed by atoms with Crippen molar-refractivity contribution in [2.75, 3.05) is 26.4 Å². The van der Waals surface area contributed by atoms with E-state index in [4.69, 9.17) is 9.47 Å². The lowest BCUT2D eigenvalue weighted by Crippen LogP contribution is -2.44. The quantitative estimate of drug-likeness (QED) is 0.518. The monoisotopic (exact) mass is 246 g/mol. The van der Waals surface area contributed by atoms with E-state index in [1.165, 1.54) is 12.0 Å². The first-order valence-corrected chi connectivity index (χ1v) is 6.65. The largest absolute Gasteiger partial charge is 0.380 e. The third-order valence-electron chi connectivity index (χ3n) is 3.47. The molecule has 1 fully saturated rings. The second-order valence-electron chi connectivity index (χ2n) is 5.12. The van der Waals surface area contributed by atoms with Gasteiger partial charge < -0.3 is 9.47 Å². The third-order valence-corrected chi connectivity index (χ3v) is 3.47. The summed E-state index contributed by atoms with van der Waals surface area (Å²) in [5, 5.41) is 0. The summed E-state index contributed by atoms with van der Waals surface area (Å²) >= 11 is 0. The summed E-state index contributed by atoms with van der Waals surface area (Å²) in [4.78, 5) is 0. The van der Waals surface area contributed by atoms with Crippen molar-refractivity contribution in [2.24, 2.45) is 5.41 Å². The Kier molecular flexibility index (Phi) is 4.97. The van der Waals surface area contributed by atoms with Crippen LogP contribution < -0.4 is 0 Å². The number of rotatable bonds is 8. The molecule has 0 N–H and O–H groups in total. The second kappa shape index (κ2) is 6.72. The average Bonchev–Trinajstić information content (AvgIpc) is 2.36. The van der Waals surface area contributed by atoms with Gasteiger partial charge in [0.2, 0.25) is 0 Å². The van der Waals surface area contributed by atoms with Crippen molar-refractivity contribution in [3.8, 4) is 0 Å². The lowest BCUT2D eigenvalue weighted by molar-refractivity contribution is -0.119. The Hall–Kier alpha value is -1.12. The molecule has 18 heavy (non-hydrogen) atoms. The summed E-state index contributed by atoms with van der Waals surface area (Å²) in [6.07, 6.45) is 5.20. The fraction of sp³-hybridized carbons (Fsp3) is 0.500. The van der Waals surface area contributed by atoms with E-state index in [0.717, 1.165) is 32.7 Å². The van der Waals surface area contributed by atoms with E-state index in [9.17, 15) is 0 Å². The predicted molar refractivity (Wildman–Crippen MR) is 73.6 cm³/mol. The average molecular weight is 246 g/mol. The normalized spacial score (nSPS) is 17.1. The van der Waals surface area contributed by atoms with E-state index < -0.39 is 0 Å². The SMILES string of the molecule is C=CCOCCCC1(Cc2ccccc2)COC1. The van der Waals surface area contributed by atoms with Crippen LogP contribution >= 0.6 is 0 Å². The van der Waals surface area contributed by atoms with Gasteiger partial charge in [-0.1, -0.05) is 36.4 Å². The van der Waals surface area contributed by atoms with E-state index >= 15 is 0 Å². The first-order chi connectivity index (χ1) is 8.85. The summed E-state index contributed by atoms with van der Waals surface area (Å²) in [5.41, 5.74) is 1.76. The zero-order chi connectivity index (χ0) is 12.7. The van der Waals surface area contributed by atoms with Gasteiger partial charge in [-0.3, -0.25) is 0 Å². The first kappa shape index (κ1) is 13.3. The standard InChI is InChI=1S/C16H22O2/c1-2-10-17-11-6-9-16(13-18-14-16)12-15-7-4-3-5-8-15/h2-5,7-8H,1,6,9-14H2. The minimum atomic E-state index is 0.346. The van der Waals surface area contributed by atoms with Gasteiger partial charge >= 0.3 is 0 Å². The van der Waals surface area contributed by atoms with Crippen molar-refractivity contribution in [2.45, 2.75) is 19.3 Å². The number of hydrogen-bond donors (Lipinski definition) is 0. The fourth-order valence-electron chi connectivity index (χ4n) is 2.47. The highest BCUT2D eigenvalue weighted by atomic mass is 16.5. The van der Waals surface area contributed by atoms with Gasteiger partial charge in [-0.2, -0.15) is 0 Å². The topological polar surface area (TPSA) is 18.5 Å². The zero-order valence-corrected chi connectivity index (χ0v) is 10.9. The fourth-order valence-corrected chi connectivity index (χ4v) is 2.47. The van der Waals surface area contributed by atoms with Crippen LogP contribution in [0.2, 0.25) is 0 Å². The van der Waals surface area contributed by atoms with E-state index in [1.807, 2.05) is 0 Å². The van der Waals surface area contributed by atoms with Gasteiger partial charge in [0.1, 0.15) is 0 Å². The molecule has 0 saturated carbocycles. The summed E-state index contributed by atoms with van der Waals surface area (Å²) in [5.74, 6) is 0. The first-order valence-electron chi connectivity index (χ1n) is 6.65. The predicted octanol–water partition coefficient (Wildman–Crippen LogP) is 3.23. The maximum absolute atomic E-state index is 5.44. The summed E-state index contributed by atoms with van der Waals surface area (Å²) < 4.78 is 10.9. The van der Waals surface area contributed by atoms with Crippen LogP contribution in [0, 0.1) is 5.41 Å². The Morgan fingerprint density at radius 2 is 2.06 bits per heavy atom. The molecule has 0 atom stereocenters. The van der Waals surface area contributed by atoms with Crippen LogP contribution in [-0.4, -0.2) is 26.4 Å². The number of benzene rings is 1. The molecule has 2 rings (SSSR count). The Bertz CT molecular complexity index is 355. The lowest BCUT2D eigenvalue weighted by atomic mass is 9.76. The molecule has 0 bridgehead atoms. The van der Waals surface area contributed by atoms with Gasteiger partial charge in [-0.15, -0.1) is 6.58 Å². The summed E-state index contributed by atoms with van der Waals surface area (Å²) in [6.45, 7) is 6.91. The molecular formula is C16H22O2. The third kappa shape index (κ3) is 3.69. The highest BCUT2D eigenvalue weighted by Gasteiger charge is 2.37. The molecule has 0 aliphatic carbocycles. The number of ether oxygens (including phenoxy) is 2. The molecule has 0 spiro atoms. The van der Waals surface area contributed by atoms with Gasteiger partial charge in [0.25, 0.3) is 0 Å². The minimum Gasteiger partial charge on any atom is -0.380 e. The number of hydrogen-bond acceptors (Lipinski definition) is 2. The Morgan fingerprint density at radius 3 is 2.67 bits per heavy atom. The molecule has 2 nitrogen and oxygen atoms in total. The molecule has 2 heteroatoms. The molecule has 1 aliphatic rings. The second-order valence-corrected chi connectivity index (χ2v) is 5.12. The van der Waals surface area contributed by atoms with Crippen molar-refractivity contribution in [1.29, 1.82) is 0 Å². The van der Waals surface area contributed by atoms with Crippen LogP contribution in [0.15, 0.2) is 43.0 Å². The minimum absolute atomic E-state index is 0.346. The lowest BCUT2D eigenvalue weighted by Gasteiger charge is -2.42. The van der Waals surface area contributed by atoms with Crippen molar-refractivity contribution < 1.29 is 9.47 Å². The molecule has 0 aromatic heterocycles. The highest BCUT2D eigenvalue weighted by molar-refractivity contribution is 5.17. The van der Waals surface area contributed by atoms with Crippen LogP contribution in [0.25, 0.3) is 0 Å². The van der Waals surface area contributed by atoms with Crippen molar-refractivity contribution in [1.82, 2.24) is 0 Å². The molecule has 1 aromatic carbocycles. The molecule has 1 heterocycles. The van der Waals surface area contributed by atoms with E-state index in [1.54, 1.807) is 6.08 Å². The molecule has 1 aromatic rings. The van der Waals surface area contributed by atoms with Crippen molar-refractivity contribution in [3.63, 3.8) is 0 Å². The Morgan fingerprint density at radius 1 is 1.28 bits per heavy atom. The molecule has 0 amide bonds. The van der Waals surface area contributed by atoms with Gasteiger partial charge in [0.15, 0.2) is 0 Å². The van der Waals surface area contributed by atoms with Crippen molar-refractivity contribution >= 4 is 0 Å². The maximum atomic E-state index is 5.44.